The highest BCUT2D eigenvalue weighted by molar-refractivity contribution is 6.06. The summed E-state index contributed by atoms with van der Waals surface area (Å²) in [6.07, 6.45) is -0.318. The third-order valence-electron chi connectivity index (χ3n) is 1.70. The fraction of sp³-hybridized carbons (Fsp3) is 0.600. The maximum atomic E-state index is 13.9. The summed E-state index contributed by atoms with van der Waals surface area (Å²) >= 11 is 0. The van der Waals surface area contributed by atoms with Gasteiger partial charge < -0.3 is 4.74 Å². The van der Waals surface area contributed by atoms with Gasteiger partial charge in [0.05, 0.1) is 6.61 Å². The lowest BCUT2D eigenvalue weighted by molar-refractivity contribution is -0.161. The predicted molar refractivity (Wildman–Crippen MR) is 50.6 cm³/mol. The lowest BCUT2D eigenvalue weighted by Gasteiger charge is -2.19. The van der Waals surface area contributed by atoms with E-state index in [0.717, 1.165) is 6.92 Å². The van der Waals surface area contributed by atoms with Gasteiger partial charge in [0.2, 0.25) is 0 Å². The molecule has 0 aliphatic heterocycles. The molecule has 0 saturated heterocycles. The van der Waals surface area contributed by atoms with Crippen molar-refractivity contribution in [2.75, 3.05) is 6.61 Å². The van der Waals surface area contributed by atoms with E-state index in [1.54, 1.807) is 13.8 Å². The van der Waals surface area contributed by atoms with Crippen LogP contribution in [0.2, 0.25) is 0 Å². The van der Waals surface area contributed by atoms with Crippen LogP contribution in [0.4, 0.5) is 4.39 Å². The third-order valence-corrected chi connectivity index (χ3v) is 1.70. The molecule has 0 saturated carbocycles. The van der Waals surface area contributed by atoms with E-state index in [1.807, 2.05) is 0 Å². The summed E-state index contributed by atoms with van der Waals surface area (Å²) in [4.78, 5) is 22.2. The number of ether oxygens (including phenoxy) is 1. The number of allylic oxidation sites excluding steroid dienone is 1. The molecular weight excluding hydrogens is 187 g/mol. The molecule has 0 rings (SSSR count). The molecule has 4 heteroatoms. The van der Waals surface area contributed by atoms with Crippen LogP contribution in [0, 0.1) is 0 Å². The molecule has 3 nitrogen and oxygen atoms in total. The second-order valence-corrected chi connectivity index (χ2v) is 3.21. The number of Topliss-reactive ketones (excluding diaryl/α,β-unsaturated/α-hetero) is 1. The first-order chi connectivity index (χ1) is 6.34. The molecule has 14 heavy (non-hydrogen) atoms. The van der Waals surface area contributed by atoms with Crippen LogP contribution in [0.15, 0.2) is 12.2 Å². The van der Waals surface area contributed by atoms with Crippen LogP contribution in [0.5, 0.6) is 0 Å². The number of carbonyl (C=O) groups excluding carboxylic acids is 2. The van der Waals surface area contributed by atoms with E-state index in [4.69, 9.17) is 0 Å². The summed E-state index contributed by atoms with van der Waals surface area (Å²) in [6, 6.07) is 0. The molecule has 80 valence electrons. The predicted octanol–water partition coefficient (Wildman–Crippen LogP) is 1.81. The van der Waals surface area contributed by atoms with E-state index in [0.29, 0.717) is 5.57 Å². The number of hydrogen-bond donors (Lipinski definition) is 0. The molecule has 0 radical (unpaired) electrons. The van der Waals surface area contributed by atoms with Crippen LogP contribution < -0.4 is 0 Å². The molecule has 0 aromatic heterocycles. The molecule has 0 aromatic rings. The fourth-order valence-electron chi connectivity index (χ4n) is 1.00. The number of halogens is 1. The van der Waals surface area contributed by atoms with E-state index in [1.165, 1.54) is 0 Å². The van der Waals surface area contributed by atoms with Gasteiger partial charge in [0.25, 0.3) is 5.67 Å². The Balaban J connectivity index is 4.80. The first kappa shape index (κ1) is 12.8. The van der Waals surface area contributed by atoms with Crippen LogP contribution >= 0.6 is 0 Å². The third kappa shape index (κ3) is 2.94. The van der Waals surface area contributed by atoms with E-state index >= 15 is 0 Å². The average Bonchev–Trinajstić information content (AvgIpc) is 2.02. The van der Waals surface area contributed by atoms with Crippen LogP contribution in [0.3, 0.4) is 0 Å². The summed E-state index contributed by atoms with van der Waals surface area (Å²) in [5.74, 6) is -1.98. The number of hydrogen-bond acceptors (Lipinski definition) is 3. The van der Waals surface area contributed by atoms with Crippen molar-refractivity contribution in [2.24, 2.45) is 0 Å². The Bertz CT molecular complexity index is 260. The van der Waals surface area contributed by atoms with Gasteiger partial charge in [-0.2, -0.15) is 0 Å². The van der Waals surface area contributed by atoms with Gasteiger partial charge in [0.1, 0.15) is 0 Å². The number of alkyl halides is 1. The van der Waals surface area contributed by atoms with Crippen molar-refractivity contribution in [3.63, 3.8) is 0 Å². The number of esters is 1. The Morgan fingerprint density at radius 2 is 1.93 bits per heavy atom. The molecule has 0 spiro atoms. The number of rotatable bonds is 5. The topological polar surface area (TPSA) is 43.4 Å². The molecule has 0 amide bonds. The monoisotopic (exact) mass is 202 g/mol. The minimum absolute atomic E-state index is 0.0496. The van der Waals surface area contributed by atoms with Crippen molar-refractivity contribution < 1.29 is 18.7 Å². The molecular formula is C10H15FO3. The highest BCUT2D eigenvalue weighted by Gasteiger charge is 2.45. The van der Waals surface area contributed by atoms with Crippen molar-refractivity contribution in [3.05, 3.63) is 12.2 Å². The smallest absolute Gasteiger partial charge is 0.352 e. The molecule has 0 N–H and O–H groups in total. The standard InChI is InChI=1S/C10H15FO3/c1-5-14-9(13)10(11,8(4)12)6-7(2)3/h2,5-6H2,1,3-4H3. The fourth-order valence-corrected chi connectivity index (χ4v) is 1.00. The highest BCUT2D eigenvalue weighted by Crippen LogP contribution is 2.23. The summed E-state index contributed by atoms with van der Waals surface area (Å²) in [7, 11) is 0. The number of ketones is 1. The molecule has 0 bridgehead atoms. The van der Waals surface area contributed by atoms with Gasteiger partial charge in [-0.25, -0.2) is 9.18 Å². The maximum absolute atomic E-state index is 13.9. The van der Waals surface area contributed by atoms with Crippen molar-refractivity contribution in [1.82, 2.24) is 0 Å². The normalized spacial score (nSPS) is 14.3. The molecule has 0 heterocycles. The summed E-state index contributed by atoms with van der Waals surface area (Å²) in [5.41, 5.74) is -2.14. The summed E-state index contributed by atoms with van der Waals surface area (Å²) < 4.78 is 18.4. The van der Waals surface area contributed by atoms with E-state index in [2.05, 4.69) is 11.3 Å². The minimum atomic E-state index is -2.57. The molecule has 0 aliphatic carbocycles. The van der Waals surface area contributed by atoms with Gasteiger partial charge in [0, 0.05) is 6.42 Å². The van der Waals surface area contributed by atoms with Gasteiger partial charge in [-0.3, -0.25) is 4.79 Å². The second kappa shape index (κ2) is 4.88. The van der Waals surface area contributed by atoms with Crippen molar-refractivity contribution in [2.45, 2.75) is 32.9 Å². The van der Waals surface area contributed by atoms with E-state index in [9.17, 15) is 14.0 Å². The molecule has 0 aliphatic rings. The lowest BCUT2D eigenvalue weighted by atomic mass is 9.94. The van der Waals surface area contributed by atoms with Crippen molar-refractivity contribution >= 4 is 11.8 Å². The molecule has 1 atom stereocenters. The molecule has 1 unspecified atom stereocenters. The Kier molecular flexibility index (Phi) is 4.47. The van der Waals surface area contributed by atoms with Crippen molar-refractivity contribution in [1.29, 1.82) is 0 Å². The SMILES string of the molecule is C=C(C)CC(F)(C(C)=O)C(=O)OCC. The Morgan fingerprint density at radius 3 is 2.21 bits per heavy atom. The quantitative estimate of drug-likeness (QED) is 0.388. The zero-order valence-corrected chi connectivity index (χ0v) is 8.72. The van der Waals surface area contributed by atoms with Gasteiger partial charge in [-0.05, 0) is 20.8 Å². The summed E-state index contributed by atoms with van der Waals surface area (Å²) in [5, 5.41) is 0. The highest BCUT2D eigenvalue weighted by atomic mass is 19.1. The van der Waals surface area contributed by atoms with Gasteiger partial charge in [0.15, 0.2) is 5.78 Å². The Labute approximate surface area is 82.9 Å². The van der Waals surface area contributed by atoms with Gasteiger partial charge in [-0.1, -0.05) is 12.2 Å². The van der Waals surface area contributed by atoms with Gasteiger partial charge >= 0.3 is 5.97 Å². The van der Waals surface area contributed by atoms with Crippen molar-refractivity contribution in [3.8, 4) is 0 Å². The van der Waals surface area contributed by atoms with E-state index in [-0.39, 0.29) is 13.0 Å². The largest absolute Gasteiger partial charge is 0.463 e. The van der Waals surface area contributed by atoms with Crippen LogP contribution in [-0.2, 0) is 14.3 Å². The Morgan fingerprint density at radius 1 is 1.43 bits per heavy atom. The average molecular weight is 202 g/mol. The second-order valence-electron chi connectivity index (χ2n) is 3.21. The molecule has 0 aromatic carbocycles. The van der Waals surface area contributed by atoms with E-state index < -0.39 is 17.4 Å². The van der Waals surface area contributed by atoms with Crippen LogP contribution in [-0.4, -0.2) is 24.0 Å². The van der Waals surface area contributed by atoms with Crippen LogP contribution in [0.25, 0.3) is 0 Å². The Hall–Kier alpha value is -1.19. The lowest BCUT2D eigenvalue weighted by Crippen LogP contribution is -2.42. The molecule has 0 fully saturated rings. The van der Waals surface area contributed by atoms with Gasteiger partial charge in [-0.15, -0.1) is 0 Å². The first-order valence-corrected chi connectivity index (χ1v) is 4.36. The van der Waals surface area contributed by atoms with Crippen LogP contribution in [0.1, 0.15) is 27.2 Å². The minimum Gasteiger partial charge on any atom is -0.463 e. The first-order valence-electron chi connectivity index (χ1n) is 4.36. The maximum Gasteiger partial charge on any atom is 0.352 e. The number of carbonyl (C=O) groups is 2. The zero-order chi connectivity index (χ0) is 11.4. The zero-order valence-electron chi connectivity index (χ0n) is 8.72. The summed E-state index contributed by atoms with van der Waals surface area (Å²) in [6.45, 7) is 7.65.